The standard InChI is InChI=1S/C18H31N3O4/c1-18(2,3)25-17(24)21-11-9-20(10-12-21)15(22)13-19-16(23)14-7-5-4-6-8-14/h14H,4-13H2,1-3H3,(H,19,23). The molecule has 0 unspecified atom stereocenters. The number of hydrogen-bond acceptors (Lipinski definition) is 4. The molecular weight excluding hydrogens is 322 g/mol. The zero-order valence-corrected chi connectivity index (χ0v) is 15.7. The molecule has 2 rings (SSSR count). The fourth-order valence-corrected chi connectivity index (χ4v) is 3.25. The van der Waals surface area contributed by atoms with Crippen LogP contribution in [0.4, 0.5) is 4.79 Å². The smallest absolute Gasteiger partial charge is 0.410 e. The molecule has 1 saturated carbocycles. The first kappa shape index (κ1) is 19.5. The van der Waals surface area contributed by atoms with Gasteiger partial charge in [-0.3, -0.25) is 9.59 Å². The summed E-state index contributed by atoms with van der Waals surface area (Å²) >= 11 is 0. The summed E-state index contributed by atoms with van der Waals surface area (Å²) in [7, 11) is 0. The highest BCUT2D eigenvalue weighted by Crippen LogP contribution is 2.23. The van der Waals surface area contributed by atoms with Gasteiger partial charge in [0.1, 0.15) is 5.60 Å². The monoisotopic (exact) mass is 353 g/mol. The van der Waals surface area contributed by atoms with Crippen LogP contribution in [0.5, 0.6) is 0 Å². The van der Waals surface area contributed by atoms with Crippen LogP contribution in [0, 0.1) is 5.92 Å². The van der Waals surface area contributed by atoms with Crippen LogP contribution >= 0.6 is 0 Å². The predicted molar refractivity (Wildman–Crippen MR) is 94.0 cm³/mol. The number of nitrogens with zero attached hydrogens (tertiary/aromatic N) is 2. The van der Waals surface area contributed by atoms with Crippen molar-refractivity contribution in [3.8, 4) is 0 Å². The number of hydrogen-bond donors (Lipinski definition) is 1. The van der Waals surface area contributed by atoms with E-state index in [1.54, 1.807) is 9.80 Å². The van der Waals surface area contributed by atoms with Crippen molar-refractivity contribution in [2.75, 3.05) is 32.7 Å². The van der Waals surface area contributed by atoms with Gasteiger partial charge in [-0.2, -0.15) is 0 Å². The lowest BCUT2D eigenvalue weighted by molar-refractivity contribution is -0.135. The Kier molecular flexibility index (Phi) is 6.67. The molecule has 7 nitrogen and oxygen atoms in total. The number of carbonyl (C=O) groups is 3. The molecular formula is C18H31N3O4. The molecule has 3 amide bonds. The van der Waals surface area contributed by atoms with E-state index < -0.39 is 5.60 Å². The SMILES string of the molecule is CC(C)(C)OC(=O)N1CCN(C(=O)CNC(=O)C2CCCCC2)CC1. The predicted octanol–water partition coefficient (Wildman–Crippen LogP) is 1.76. The molecule has 0 aromatic rings. The van der Waals surface area contributed by atoms with Gasteiger partial charge in [-0.25, -0.2) is 4.79 Å². The van der Waals surface area contributed by atoms with Gasteiger partial charge < -0.3 is 19.9 Å². The van der Waals surface area contributed by atoms with Crippen molar-refractivity contribution in [1.29, 1.82) is 0 Å². The van der Waals surface area contributed by atoms with Crippen molar-refractivity contribution < 1.29 is 19.1 Å². The normalized spacial score (nSPS) is 19.5. The molecule has 0 atom stereocenters. The Balaban J connectivity index is 1.70. The van der Waals surface area contributed by atoms with E-state index in [0.29, 0.717) is 26.2 Å². The van der Waals surface area contributed by atoms with E-state index in [1.165, 1.54) is 6.42 Å². The minimum Gasteiger partial charge on any atom is -0.444 e. The van der Waals surface area contributed by atoms with Crippen LogP contribution in [-0.2, 0) is 14.3 Å². The third kappa shape index (κ3) is 6.21. The highest BCUT2D eigenvalue weighted by Gasteiger charge is 2.28. The molecule has 7 heteroatoms. The maximum atomic E-state index is 12.3. The number of ether oxygens (including phenoxy) is 1. The van der Waals surface area contributed by atoms with E-state index in [-0.39, 0.29) is 30.4 Å². The summed E-state index contributed by atoms with van der Waals surface area (Å²) in [4.78, 5) is 39.7. The van der Waals surface area contributed by atoms with Crippen LogP contribution in [0.25, 0.3) is 0 Å². The molecule has 0 aromatic heterocycles. The molecule has 1 saturated heterocycles. The van der Waals surface area contributed by atoms with Gasteiger partial charge in [0.15, 0.2) is 0 Å². The largest absolute Gasteiger partial charge is 0.444 e. The lowest BCUT2D eigenvalue weighted by Crippen LogP contribution is -2.53. The maximum absolute atomic E-state index is 12.3. The van der Waals surface area contributed by atoms with Crippen molar-refractivity contribution in [2.24, 2.45) is 5.92 Å². The molecule has 142 valence electrons. The molecule has 2 fully saturated rings. The van der Waals surface area contributed by atoms with Gasteiger partial charge in [-0.15, -0.1) is 0 Å². The highest BCUT2D eigenvalue weighted by atomic mass is 16.6. The zero-order valence-electron chi connectivity index (χ0n) is 15.7. The summed E-state index contributed by atoms with van der Waals surface area (Å²) in [5, 5.41) is 2.78. The van der Waals surface area contributed by atoms with E-state index >= 15 is 0 Å². The minimum atomic E-state index is -0.520. The summed E-state index contributed by atoms with van der Waals surface area (Å²) in [6.45, 7) is 7.39. The first-order valence-electron chi connectivity index (χ1n) is 9.30. The molecule has 25 heavy (non-hydrogen) atoms. The molecule has 0 spiro atoms. The van der Waals surface area contributed by atoms with Gasteiger partial charge in [0.05, 0.1) is 6.54 Å². The van der Waals surface area contributed by atoms with Crippen molar-refractivity contribution in [3.05, 3.63) is 0 Å². The van der Waals surface area contributed by atoms with Crippen molar-refractivity contribution in [3.63, 3.8) is 0 Å². The summed E-state index contributed by atoms with van der Waals surface area (Å²) in [6, 6.07) is 0. The average Bonchev–Trinajstić information content (AvgIpc) is 2.58. The van der Waals surface area contributed by atoms with Gasteiger partial charge in [0.2, 0.25) is 11.8 Å². The van der Waals surface area contributed by atoms with E-state index in [1.807, 2.05) is 20.8 Å². The Hall–Kier alpha value is -1.79. The van der Waals surface area contributed by atoms with E-state index in [0.717, 1.165) is 25.7 Å². The van der Waals surface area contributed by atoms with Crippen LogP contribution in [0.3, 0.4) is 0 Å². The van der Waals surface area contributed by atoms with Gasteiger partial charge in [0.25, 0.3) is 0 Å². The molecule has 0 bridgehead atoms. The van der Waals surface area contributed by atoms with Crippen molar-refractivity contribution in [2.45, 2.75) is 58.5 Å². The third-order valence-corrected chi connectivity index (χ3v) is 4.67. The fraction of sp³-hybridized carbons (Fsp3) is 0.833. The Bertz CT molecular complexity index is 487. The summed E-state index contributed by atoms with van der Waals surface area (Å²) in [5.74, 6) is -0.0287. The Morgan fingerprint density at radius 1 is 0.960 bits per heavy atom. The van der Waals surface area contributed by atoms with Crippen LogP contribution < -0.4 is 5.32 Å². The van der Waals surface area contributed by atoms with Crippen LogP contribution in [0.1, 0.15) is 52.9 Å². The quantitative estimate of drug-likeness (QED) is 0.838. The second kappa shape index (κ2) is 8.54. The molecule has 1 aliphatic heterocycles. The molecule has 0 radical (unpaired) electrons. The van der Waals surface area contributed by atoms with E-state index in [9.17, 15) is 14.4 Å². The fourth-order valence-electron chi connectivity index (χ4n) is 3.25. The lowest BCUT2D eigenvalue weighted by atomic mass is 9.89. The number of amides is 3. The van der Waals surface area contributed by atoms with Crippen molar-refractivity contribution in [1.82, 2.24) is 15.1 Å². The van der Waals surface area contributed by atoms with Gasteiger partial charge in [-0.05, 0) is 33.6 Å². The maximum Gasteiger partial charge on any atom is 0.410 e. The highest BCUT2D eigenvalue weighted by molar-refractivity contribution is 5.86. The molecule has 1 N–H and O–H groups in total. The van der Waals surface area contributed by atoms with E-state index in [4.69, 9.17) is 4.74 Å². The third-order valence-electron chi connectivity index (χ3n) is 4.67. The second-order valence-corrected chi connectivity index (χ2v) is 7.90. The summed E-state index contributed by atoms with van der Waals surface area (Å²) in [6.07, 6.45) is 4.90. The summed E-state index contributed by atoms with van der Waals surface area (Å²) in [5.41, 5.74) is -0.520. The first-order chi connectivity index (χ1) is 11.8. The van der Waals surface area contributed by atoms with Crippen molar-refractivity contribution >= 4 is 17.9 Å². The van der Waals surface area contributed by atoms with Gasteiger partial charge in [-0.1, -0.05) is 19.3 Å². The average molecular weight is 353 g/mol. The molecule has 2 aliphatic rings. The zero-order chi connectivity index (χ0) is 18.4. The second-order valence-electron chi connectivity index (χ2n) is 7.90. The molecule has 1 aliphatic carbocycles. The Labute approximate surface area is 150 Å². The van der Waals surface area contributed by atoms with Crippen LogP contribution in [0.15, 0.2) is 0 Å². The molecule has 0 aromatic carbocycles. The Morgan fingerprint density at radius 2 is 1.52 bits per heavy atom. The minimum absolute atomic E-state index is 0.000408. The van der Waals surface area contributed by atoms with Gasteiger partial charge >= 0.3 is 6.09 Å². The summed E-state index contributed by atoms with van der Waals surface area (Å²) < 4.78 is 5.35. The van der Waals surface area contributed by atoms with Gasteiger partial charge in [0, 0.05) is 32.1 Å². The topological polar surface area (TPSA) is 79.0 Å². The van der Waals surface area contributed by atoms with Crippen LogP contribution in [0.2, 0.25) is 0 Å². The number of carbonyl (C=O) groups excluding carboxylic acids is 3. The van der Waals surface area contributed by atoms with Crippen LogP contribution in [-0.4, -0.2) is 66.0 Å². The lowest BCUT2D eigenvalue weighted by Gasteiger charge is -2.35. The van der Waals surface area contributed by atoms with E-state index in [2.05, 4.69) is 5.32 Å². The number of piperazine rings is 1. The molecule has 1 heterocycles. The Morgan fingerprint density at radius 3 is 2.08 bits per heavy atom. The first-order valence-corrected chi connectivity index (χ1v) is 9.30. The number of rotatable bonds is 3. The number of nitrogens with one attached hydrogen (secondary N) is 1.